The van der Waals surface area contributed by atoms with Crippen LogP contribution < -0.4 is 20.9 Å². The van der Waals surface area contributed by atoms with Crippen molar-refractivity contribution in [2.45, 2.75) is 0 Å². The SMILES string of the molecule is CN(C)c1ccccc1NC(=O)NCCNC(=O)c1ccc(Cl)c(Cl)c1. The van der Waals surface area contributed by atoms with Crippen LogP contribution in [0.2, 0.25) is 10.0 Å². The molecule has 0 aliphatic heterocycles. The number of urea groups is 1. The van der Waals surface area contributed by atoms with Gasteiger partial charge in [0.15, 0.2) is 0 Å². The Hall–Kier alpha value is -2.44. The first-order valence-electron chi connectivity index (χ1n) is 7.93. The number of nitrogens with zero attached hydrogens (tertiary/aromatic N) is 1. The summed E-state index contributed by atoms with van der Waals surface area (Å²) in [5, 5.41) is 8.89. The van der Waals surface area contributed by atoms with E-state index in [1.54, 1.807) is 12.1 Å². The third-order valence-electron chi connectivity index (χ3n) is 3.51. The van der Waals surface area contributed by atoms with E-state index in [0.29, 0.717) is 21.3 Å². The smallest absolute Gasteiger partial charge is 0.319 e. The van der Waals surface area contributed by atoms with Crippen molar-refractivity contribution in [2.75, 3.05) is 37.4 Å². The summed E-state index contributed by atoms with van der Waals surface area (Å²) in [6, 6.07) is 11.8. The Bertz CT molecular complexity index is 797. The third-order valence-corrected chi connectivity index (χ3v) is 4.25. The average molecular weight is 395 g/mol. The first-order valence-corrected chi connectivity index (χ1v) is 8.68. The number of carbonyl (C=O) groups is 2. The van der Waals surface area contributed by atoms with Crippen LogP contribution >= 0.6 is 23.2 Å². The van der Waals surface area contributed by atoms with Gasteiger partial charge in [-0.05, 0) is 30.3 Å². The first-order chi connectivity index (χ1) is 12.4. The van der Waals surface area contributed by atoms with Gasteiger partial charge in [0.05, 0.1) is 21.4 Å². The van der Waals surface area contributed by atoms with E-state index in [1.165, 1.54) is 6.07 Å². The number of amides is 3. The van der Waals surface area contributed by atoms with E-state index >= 15 is 0 Å². The monoisotopic (exact) mass is 394 g/mol. The van der Waals surface area contributed by atoms with Crippen molar-refractivity contribution in [1.82, 2.24) is 10.6 Å². The molecule has 2 aromatic rings. The maximum Gasteiger partial charge on any atom is 0.319 e. The highest BCUT2D eigenvalue weighted by Crippen LogP contribution is 2.23. The Morgan fingerprint density at radius 3 is 2.35 bits per heavy atom. The highest BCUT2D eigenvalue weighted by atomic mass is 35.5. The Labute approximate surface area is 162 Å². The fourth-order valence-electron chi connectivity index (χ4n) is 2.23. The Morgan fingerprint density at radius 1 is 0.962 bits per heavy atom. The number of halogens is 2. The number of hydrogen-bond acceptors (Lipinski definition) is 3. The minimum Gasteiger partial charge on any atom is -0.376 e. The molecule has 26 heavy (non-hydrogen) atoms. The van der Waals surface area contributed by atoms with Crippen LogP contribution in [0.5, 0.6) is 0 Å². The summed E-state index contributed by atoms with van der Waals surface area (Å²) < 4.78 is 0. The summed E-state index contributed by atoms with van der Waals surface area (Å²) in [6.07, 6.45) is 0. The van der Waals surface area contributed by atoms with Crippen LogP contribution in [-0.4, -0.2) is 39.1 Å². The Balaban J connectivity index is 1.78. The van der Waals surface area contributed by atoms with Gasteiger partial charge in [0.1, 0.15) is 0 Å². The highest BCUT2D eigenvalue weighted by molar-refractivity contribution is 6.42. The molecule has 0 unspecified atom stereocenters. The third kappa shape index (κ3) is 5.54. The number of rotatable bonds is 6. The zero-order valence-corrected chi connectivity index (χ0v) is 16.0. The molecule has 6 nitrogen and oxygen atoms in total. The van der Waals surface area contributed by atoms with Crippen LogP contribution in [0, 0.1) is 0 Å². The van der Waals surface area contributed by atoms with E-state index in [0.717, 1.165) is 5.69 Å². The molecule has 2 rings (SSSR count). The highest BCUT2D eigenvalue weighted by Gasteiger charge is 2.09. The minimum atomic E-state index is -0.344. The largest absolute Gasteiger partial charge is 0.376 e. The van der Waals surface area contributed by atoms with Crippen LogP contribution in [-0.2, 0) is 0 Å². The van der Waals surface area contributed by atoms with E-state index in [9.17, 15) is 9.59 Å². The van der Waals surface area contributed by atoms with Gasteiger partial charge in [-0.3, -0.25) is 4.79 Å². The summed E-state index contributed by atoms with van der Waals surface area (Å²) in [7, 11) is 3.80. The number of carbonyl (C=O) groups excluding carboxylic acids is 2. The molecule has 8 heteroatoms. The van der Waals surface area contributed by atoms with Gasteiger partial charge in [-0.1, -0.05) is 35.3 Å². The zero-order chi connectivity index (χ0) is 19.1. The van der Waals surface area contributed by atoms with Crippen LogP contribution in [0.15, 0.2) is 42.5 Å². The quantitative estimate of drug-likeness (QED) is 0.655. The molecule has 0 heterocycles. The molecule has 0 bridgehead atoms. The van der Waals surface area contributed by atoms with Crippen LogP contribution in [0.4, 0.5) is 16.2 Å². The van der Waals surface area contributed by atoms with Crippen molar-refractivity contribution < 1.29 is 9.59 Å². The molecule has 2 aromatic carbocycles. The number of benzene rings is 2. The lowest BCUT2D eigenvalue weighted by Crippen LogP contribution is -2.37. The molecule has 0 spiro atoms. The summed E-state index contributed by atoms with van der Waals surface area (Å²) in [4.78, 5) is 25.9. The fourth-order valence-corrected chi connectivity index (χ4v) is 2.53. The van der Waals surface area contributed by atoms with Crippen molar-refractivity contribution >= 4 is 46.5 Å². The molecular weight excluding hydrogens is 375 g/mol. The van der Waals surface area contributed by atoms with Crippen molar-refractivity contribution in [2.24, 2.45) is 0 Å². The second-order valence-corrected chi connectivity index (χ2v) is 6.49. The van der Waals surface area contributed by atoms with E-state index < -0.39 is 0 Å². The van der Waals surface area contributed by atoms with Crippen molar-refractivity contribution in [3.05, 3.63) is 58.1 Å². The average Bonchev–Trinajstić information content (AvgIpc) is 2.61. The van der Waals surface area contributed by atoms with Crippen molar-refractivity contribution in [1.29, 1.82) is 0 Å². The lowest BCUT2D eigenvalue weighted by atomic mass is 10.2. The molecule has 0 atom stereocenters. The van der Waals surface area contributed by atoms with E-state index in [-0.39, 0.29) is 25.0 Å². The molecule has 138 valence electrons. The van der Waals surface area contributed by atoms with Gasteiger partial charge < -0.3 is 20.9 Å². The molecule has 0 saturated heterocycles. The topological polar surface area (TPSA) is 73.5 Å². The molecule has 0 saturated carbocycles. The first kappa shape index (κ1) is 19.9. The maximum absolute atomic E-state index is 12.0. The maximum atomic E-state index is 12.0. The molecule has 0 radical (unpaired) electrons. The lowest BCUT2D eigenvalue weighted by molar-refractivity contribution is 0.0954. The number of para-hydroxylation sites is 2. The Morgan fingerprint density at radius 2 is 1.65 bits per heavy atom. The number of anilines is 2. The van der Waals surface area contributed by atoms with Gasteiger partial charge in [-0.15, -0.1) is 0 Å². The standard InChI is InChI=1S/C18H20Cl2N4O2/c1-24(2)16-6-4-3-5-15(16)23-18(26)22-10-9-21-17(25)12-7-8-13(19)14(20)11-12/h3-8,11H,9-10H2,1-2H3,(H,21,25)(H2,22,23,26). The second-order valence-electron chi connectivity index (χ2n) is 5.68. The zero-order valence-electron chi connectivity index (χ0n) is 14.5. The van der Waals surface area contributed by atoms with Gasteiger partial charge in [0.2, 0.25) is 0 Å². The Kier molecular flexibility index (Phi) is 7.12. The van der Waals surface area contributed by atoms with Gasteiger partial charge in [0, 0.05) is 32.7 Å². The lowest BCUT2D eigenvalue weighted by Gasteiger charge is -2.18. The van der Waals surface area contributed by atoms with Crippen LogP contribution in [0.25, 0.3) is 0 Å². The molecule has 3 amide bonds. The number of hydrogen-bond donors (Lipinski definition) is 3. The summed E-state index contributed by atoms with van der Waals surface area (Å²) in [5.74, 6) is -0.288. The summed E-state index contributed by atoms with van der Waals surface area (Å²) in [5.41, 5.74) is 2.01. The summed E-state index contributed by atoms with van der Waals surface area (Å²) >= 11 is 11.7. The summed E-state index contributed by atoms with van der Waals surface area (Å²) in [6.45, 7) is 0.560. The van der Waals surface area contributed by atoms with Crippen LogP contribution in [0.3, 0.4) is 0 Å². The predicted molar refractivity (Wildman–Crippen MR) is 107 cm³/mol. The van der Waals surface area contributed by atoms with Crippen LogP contribution in [0.1, 0.15) is 10.4 Å². The van der Waals surface area contributed by atoms with Gasteiger partial charge >= 0.3 is 6.03 Å². The van der Waals surface area contributed by atoms with E-state index in [1.807, 2.05) is 43.3 Å². The fraction of sp³-hybridized carbons (Fsp3) is 0.222. The molecular formula is C18H20Cl2N4O2. The van der Waals surface area contributed by atoms with E-state index in [2.05, 4.69) is 16.0 Å². The minimum absolute atomic E-state index is 0.280. The van der Waals surface area contributed by atoms with Gasteiger partial charge in [-0.2, -0.15) is 0 Å². The van der Waals surface area contributed by atoms with Crippen molar-refractivity contribution in [3.63, 3.8) is 0 Å². The molecule has 0 aliphatic rings. The van der Waals surface area contributed by atoms with Gasteiger partial charge in [0.25, 0.3) is 5.91 Å². The number of nitrogens with one attached hydrogen (secondary N) is 3. The second kappa shape index (κ2) is 9.31. The van der Waals surface area contributed by atoms with E-state index in [4.69, 9.17) is 23.2 Å². The molecule has 3 N–H and O–H groups in total. The predicted octanol–water partition coefficient (Wildman–Crippen LogP) is 3.61. The molecule has 0 aromatic heterocycles. The molecule has 0 fully saturated rings. The normalized spacial score (nSPS) is 10.2. The van der Waals surface area contributed by atoms with Crippen molar-refractivity contribution in [3.8, 4) is 0 Å². The van der Waals surface area contributed by atoms with Gasteiger partial charge in [-0.25, -0.2) is 4.79 Å². The molecule has 0 aliphatic carbocycles.